The highest BCUT2D eigenvalue weighted by Gasteiger charge is 2.11. The third-order valence-corrected chi connectivity index (χ3v) is 2.01. The number of nitrogens with one attached hydrogen (secondary N) is 2. The summed E-state index contributed by atoms with van der Waals surface area (Å²) in [6.45, 7) is 3.37. The molecule has 0 saturated heterocycles. The summed E-state index contributed by atoms with van der Waals surface area (Å²) in [6, 6.07) is 6.41. The molecule has 0 bridgehead atoms. The molecule has 0 heterocycles. The fraction of sp³-hybridized carbons (Fsp3) is 0.182. The fourth-order valence-corrected chi connectivity index (χ4v) is 1.28. The fourth-order valence-electron chi connectivity index (χ4n) is 1.19. The molecule has 1 aromatic rings. The van der Waals surface area contributed by atoms with Gasteiger partial charge in [-0.05, 0) is 25.5 Å². The SMILES string of the molecule is CC(=S)NC(=O)NC(=O)c1ccccc1C. The summed E-state index contributed by atoms with van der Waals surface area (Å²) >= 11 is 4.68. The van der Waals surface area contributed by atoms with Gasteiger partial charge in [-0.1, -0.05) is 30.4 Å². The second-order valence-electron chi connectivity index (χ2n) is 3.28. The minimum absolute atomic E-state index is 0.315. The van der Waals surface area contributed by atoms with Crippen molar-refractivity contribution in [2.24, 2.45) is 0 Å². The Bertz CT molecular complexity index is 443. The maximum atomic E-state index is 11.6. The first kappa shape index (κ1) is 12.3. The molecule has 0 aliphatic rings. The van der Waals surface area contributed by atoms with Gasteiger partial charge in [-0.25, -0.2) is 4.79 Å². The maximum Gasteiger partial charge on any atom is 0.326 e. The largest absolute Gasteiger partial charge is 0.326 e. The van der Waals surface area contributed by atoms with Crippen LogP contribution in [0.5, 0.6) is 0 Å². The standard InChI is InChI=1S/C11H12N2O2S/c1-7-5-3-4-6-9(7)10(14)13-11(15)12-8(2)16/h3-6H,1-2H3,(H2,12,13,14,15,16). The Balaban J connectivity index is 2.70. The van der Waals surface area contributed by atoms with Gasteiger partial charge in [-0.2, -0.15) is 0 Å². The Morgan fingerprint density at radius 1 is 1.19 bits per heavy atom. The average Bonchev–Trinajstić information content (AvgIpc) is 2.16. The second-order valence-corrected chi connectivity index (χ2v) is 3.89. The Labute approximate surface area is 99.0 Å². The Morgan fingerprint density at radius 2 is 1.81 bits per heavy atom. The zero-order valence-electron chi connectivity index (χ0n) is 9.03. The number of benzene rings is 1. The van der Waals surface area contributed by atoms with E-state index in [1.54, 1.807) is 32.0 Å². The molecule has 0 aromatic heterocycles. The second kappa shape index (κ2) is 5.37. The smallest absolute Gasteiger partial charge is 0.302 e. The van der Waals surface area contributed by atoms with Crippen molar-refractivity contribution in [1.29, 1.82) is 0 Å². The van der Waals surface area contributed by atoms with Crippen LogP contribution in [0.25, 0.3) is 0 Å². The lowest BCUT2D eigenvalue weighted by Gasteiger charge is -2.06. The van der Waals surface area contributed by atoms with Crippen LogP contribution in [0.15, 0.2) is 24.3 Å². The summed E-state index contributed by atoms with van der Waals surface area (Å²) in [4.78, 5) is 23.2. The van der Waals surface area contributed by atoms with Crippen LogP contribution >= 0.6 is 12.2 Å². The number of urea groups is 1. The number of thiocarbonyl (C=S) groups is 1. The van der Waals surface area contributed by atoms with Gasteiger partial charge < -0.3 is 5.32 Å². The summed E-state index contributed by atoms with van der Waals surface area (Å²) in [7, 11) is 0. The van der Waals surface area contributed by atoms with E-state index >= 15 is 0 Å². The number of amides is 3. The van der Waals surface area contributed by atoms with Gasteiger partial charge in [-0.3, -0.25) is 10.1 Å². The van der Waals surface area contributed by atoms with Gasteiger partial charge >= 0.3 is 6.03 Å². The normalized spacial score (nSPS) is 9.38. The van der Waals surface area contributed by atoms with Crippen molar-refractivity contribution in [2.45, 2.75) is 13.8 Å². The van der Waals surface area contributed by atoms with Crippen molar-refractivity contribution in [2.75, 3.05) is 0 Å². The summed E-state index contributed by atoms with van der Waals surface area (Å²) in [5, 5.41) is 4.52. The molecular formula is C11H12N2O2S. The molecule has 0 fully saturated rings. The molecule has 1 aromatic carbocycles. The van der Waals surface area contributed by atoms with Crippen LogP contribution in [0.1, 0.15) is 22.8 Å². The van der Waals surface area contributed by atoms with Gasteiger partial charge in [0.2, 0.25) is 0 Å². The molecule has 0 spiro atoms. The Kier molecular flexibility index (Phi) is 4.13. The highest BCUT2D eigenvalue weighted by atomic mass is 32.1. The zero-order valence-corrected chi connectivity index (χ0v) is 9.85. The van der Waals surface area contributed by atoms with Crippen LogP contribution < -0.4 is 10.6 Å². The third kappa shape index (κ3) is 3.43. The van der Waals surface area contributed by atoms with E-state index in [0.29, 0.717) is 10.6 Å². The lowest BCUT2D eigenvalue weighted by molar-refractivity contribution is 0.0964. The van der Waals surface area contributed by atoms with Gasteiger partial charge in [0.05, 0.1) is 4.99 Å². The molecule has 3 amide bonds. The summed E-state index contributed by atoms with van der Waals surface area (Å²) < 4.78 is 0. The molecule has 0 aliphatic heterocycles. The number of hydrogen-bond donors (Lipinski definition) is 2. The van der Waals surface area contributed by atoms with Crippen molar-refractivity contribution in [3.63, 3.8) is 0 Å². The van der Waals surface area contributed by atoms with Crippen molar-refractivity contribution in [3.05, 3.63) is 35.4 Å². The molecule has 0 atom stereocenters. The van der Waals surface area contributed by atoms with Gasteiger partial charge in [0, 0.05) is 5.56 Å². The molecule has 5 heteroatoms. The third-order valence-electron chi connectivity index (χ3n) is 1.91. The van der Waals surface area contributed by atoms with Crippen LogP contribution in [0.2, 0.25) is 0 Å². The number of imide groups is 1. The summed E-state index contributed by atoms with van der Waals surface area (Å²) in [6.07, 6.45) is 0. The predicted molar refractivity (Wildman–Crippen MR) is 65.4 cm³/mol. The van der Waals surface area contributed by atoms with E-state index in [1.807, 2.05) is 6.07 Å². The van der Waals surface area contributed by atoms with Gasteiger partial charge in [-0.15, -0.1) is 0 Å². The minimum atomic E-state index is -0.610. The van der Waals surface area contributed by atoms with Crippen molar-refractivity contribution < 1.29 is 9.59 Å². The Morgan fingerprint density at radius 3 is 2.38 bits per heavy atom. The van der Waals surface area contributed by atoms with E-state index in [-0.39, 0.29) is 0 Å². The van der Waals surface area contributed by atoms with Gasteiger partial charge in [0.1, 0.15) is 0 Å². The quantitative estimate of drug-likeness (QED) is 0.731. The maximum absolute atomic E-state index is 11.6. The average molecular weight is 236 g/mol. The van der Waals surface area contributed by atoms with E-state index in [0.717, 1.165) is 5.56 Å². The van der Waals surface area contributed by atoms with Crippen LogP contribution in [0.3, 0.4) is 0 Å². The topological polar surface area (TPSA) is 58.2 Å². The van der Waals surface area contributed by atoms with E-state index in [2.05, 4.69) is 22.9 Å². The molecule has 0 unspecified atom stereocenters. The first-order valence-corrected chi connectivity index (χ1v) is 5.10. The van der Waals surface area contributed by atoms with Crippen LogP contribution in [-0.4, -0.2) is 16.9 Å². The molecular weight excluding hydrogens is 224 g/mol. The van der Waals surface area contributed by atoms with E-state index < -0.39 is 11.9 Å². The van der Waals surface area contributed by atoms with Crippen molar-refractivity contribution >= 4 is 29.1 Å². The van der Waals surface area contributed by atoms with Crippen LogP contribution in [0, 0.1) is 6.92 Å². The van der Waals surface area contributed by atoms with E-state index in [4.69, 9.17) is 0 Å². The summed E-state index contributed by atoms with van der Waals surface area (Å²) in [5.74, 6) is -0.438. The molecule has 0 aliphatic carbocycles. The van der Waals surface area contributed by atoms with E-state index in [9.17, 15) is 9.59 Å². The van der Waals surface area contributed by atoms with Crippen LogP contribution in [0.4, 0.5) is 4.79 Å². The molecule has 84 valence electrons. The number of aryl methyl sites for hydroxylation is 1. The molecule has 0 saturated carbocycles. The molecule has 2 N–H and O–H groups in total. The highest BCUT2D eigenvalue weighted by Crippen LogP contribution is 2.06. The predicted octanol–water partition coefficient (Wildman–Crippen LogP) is 1.78. The zero-order chi connectivity index (χ0) is 12.1. The lowest BCUT2D eigenvalue weighted by Crippen LogP contribution is -2.41. The first-order chi connectivity index (χ1) is 7.50. The summed E-state index contributed by atoms with van der Waals surface area (Å²) in [5.41, 5.74) is 1.28. The van der Waals surface area contributed by atoms with E-state index in [1.165, 1.54) is 0 Å². The number of carbonyl (C=O) groups is 2. The lowest BCUT2D eigenvalue weighted by atomic mass is 10.1. The molecule has 0 radical (unpaired) electrons. The molecule has 1 rings (SSSR count). The van der Waals surface area contributed by atoms with Gasteiger partial charge in [0.15, 0.2) is 0 Å². The monoisotopic (exact) mass is 236 g/mol. The molecule has 4 nitrogen and oxygen atoms in total. The van der Waals surface area contributed by atoms with Crippen molar-refractivity contribution in [1.82, 2.24) is 10.6 Å². The number of hydrogen-bond acceptors (Lipinski definition) is 3. The Hall–Kier alpha value is -1.75. The number of rotatable bonds is 1. The highest BCUT2D eigenvalue weighted by molar-refractivity contribution is 7.80. The van der Waals surface area contributed by atoms with Gasteiger partial charge in [0.25, 0.3) is 5.91 Å². The van der Waals surface area contributed by atoms with Crippen LogP contribution in [-0.2, 0) is 0 Å². The minimum Gasteiger partial charge on any atom is -0.302 e. The first-order valence-electron chi connectivity index (χ1n) is 4.69. The molecule has 16 heavy (non-hydrogen) atoms. The number of carbonyl (C=O) groups excluding carboxylic acids is 2. The van der Waals surface area contributed by atoms with Crippen molar-refractivity contribution in [3.8, 4) is 0 Å².